The van der Waals surface area contributed by atoms with Crippen molar-refractivity contribution in [1.82, 2.24) is 10.2 Å². The van der Waals surface area contributed by atoms with E-state index in [2.05, 4.69) is 5.32 Å². The van der Waals surface area contributed by atoms with Gasteiger partial charge in [-0.05, 0) is 43.5 Å². The van der Waals surface area contributed by atoms with E-state index in [1.807, 2.05) is 44.2 Å². The summed E-state index contributed by atoms with van der Waals surface area (Å²) >= 11 is 5.96. The van der Waals surface area contributed by atoms with Crippen LogP contribution in [0.25, 0.3) is 0 Å². The van der Waals surface area contributed by atoms with Crippen LogP contribution in [0.5, 0.6) is 5.75 Å². The van der Waals surface area contributed by atoms with Crippen LogP contribution in [0.4, 0.5) is 0 Å². The first-order valence-corrected chi connectivity index (χ1v) is 9.92. The fourth-order valence-electron chi connectivity index (χ4n) is 2.97. The predicted octanol–water partition coefficient (Wildman–Crippen LogP) is 3.70. The summed E-state index contributed by atoms with van der Waals surface area (Å²) in [6, 6.07) is 16.3. The lowest BCUT2D eigenvalue weighted by Gasteiger charge is -2.30. The van der Waals surface area contributed by atoms with Crippen LogP contribution in [0, 0.1) is 0 Å². The monoisotopic (exact) mass is 402 g/mol. The van der Waals surface area contributed by atoms with Crippen molar-refractivity contribution in [1.29, 1.82) is 0 Å². The minimum Gasteiger partial charge on any atom is -0.484 e. The Morgan fingerprint density at radius 3 is 2.50 bits per heavy atom. The molecular weight excluding hydrogens is 376 g/mol. The fraction of sp³-hybridized carbons (Fsp3) is 0.364. The number of hydrogen-bond acceptors (Lipinski definition) is 3. The number of likely N-dealkylation sites (N-methyl/N-ethyl adjacent to an activating group) is 1. The highest BCUT2D eigenvalue weighted by Crippen LogP contribution is 2.17. The molecule has 1 atom stereocenters. The molecule has 0 aliphatic carbocycles. The molecule has 0 saturated heterocycles. The van der Waals surface area contributed by atoms with E-state index in [0.29, 0.717) is 36.7 Å². The lowest BCUT2D eigenvalue weighted by Crippen LogP contribution is -2.51. The Labute approximate surface area is 171 Å². The molecule has 1 N–H and O–H groups in total. The van der Waals surface area contributed by atoms with Crippen molar-refractivity contribution in [3.05, 3.63) is 65.2 Å². The third-order valence-electron chi connectivity index (χ3n) is 4.38. The van der Waals surface area contributed by atoms with Gasteiger partial charge in [0.1, 0.15) is 11.8 Å². The highest BCUT2D eigenvalue weighted by atomic mass is 35.5. The molecule has 0 aromatic heterocycles. The largest absolute Gasteiger partial charge is 0.484 e. The number of hydrogen-bond donors (Lipinski definition) is 1. The van der Waals surface area contributed by atoms with E-state index in [-0.39, 0.29) is 18.4 Å². The Bertz CT molecular complexity index is 767. The lowest BCUT2D eigenvalue weighted by atomic mass is 10.1. The maximum absolute atomic E-state index is 12.9. The number of nitrogens with zero attached hydrogens (tertiary/aromatic N) is 1. The van der Waals surface area contributed by atoms with Crippen LogP contribution < -0.4 is 10.1 Å². The van der Waals surface area contributed by atoms with Gasteiger partial charge in [-0.2, -0.15) is 0 Å². The predicted molar refractivity (Wildman–Crippen MR) is 112 cm³/mol. The number of carbonyl (C=O) groups excluding carboxylic acids is 2. The second-order valence-corrected chi connectivity index (χ2v) is 6.82. The molecule has 5 nitrogen and oxygen atoms in total. The van der Waals surface area contributed by atoms with Gasteiger partial charge in [0.05, 0.1) is 0 Å². The van der Waals surface area contributed by atoms with Crippen molar-refractivity contribution >= 4 is 23.4 Å². The molecule has 6 heteroatoms. The van der Waals surface area contributed by atoms with Gasteiger partial charge in [0.15, 0.2) is 6.61 Å². The molecule has 0 aliphatic rings. The molecule has 0 aliphatic heterocycles. The second kappa shape index (κ2) is 11.3. The fourth-order valence-corrected chi connectivity index (χ4v) is 3.15. The highest BCUT2D eigenvalue weighted by molar-refractivity contribution is 6.30. The normalized spacial score (nSPS) is 11.5. The summed E-state index contributed by atoms with van der Waals surface area (Å²) in [7, 11) is 0. The van der Waals surface area contributed by atoms with Gasteiger partial charge in [-0.25, -0.2) is 0 Å². The van der Waals surface area contributed by atoms with Crippen LogP contribution in [0.15, 0.2) is 54.6 Å². The topological polar surface area (TPSA) is 58.6 Å². The van der Waals surface area contributed by atoms with Gasteiger partial charge in [0.25, 0.3) is 5.91 Å². The number of carbonyl (C=O) groups is 2. The summed E-state index contributed by atoms with van der Waals surface area (Å²) in [5, 5.41) is 3.36. The zero-order valence-corrected chi connectivity index (χ0v) is 17.1. The average Bonchev–Trinajstić information content (AvgIpc) is 2.70. The van der Waals surface area contributed by atoms with Gasteiger partial charge < -0.3 is 15.0 Å². The molecule has 2 aromatic rings. The SMILES string of the molecule is CCNC(=O)C(CC)N(CCc1ccccc1)C(=O)COc1cccc(Cl)c1. The maximum atomic E-state index is 12.9. The molecule has 0 saturated carbocycles. The Kier molecular flexibility index (Phi) is 8.82. The van der Waals surface area contributed by atoms with Crippen LogP contribution in [0.2, 0.25) is 5.02 Å². The Morgan fingerprint density at radius 1 is 1.11 bits per heavy atom. The molecule has 0 fully saturated rings. The number of nitrogens with one attached hydrogen (secondary N) is 1. The Balaban J connectivity index is 2.10. The first kappa shape index (κ1) is 21.8. The van der Waals surface area contributed by atoms with Crippen LogP contribution >= 0.6 is 11.6 Å². The highest BCUT2D eigenvalue weighted by Gasteiger charge is 2.28. The van der Waals surface area contributed by atoms with Crippen LogP contribution in [0.3, 0.4) is 0 Å². The molecule has 2 aromatic carbocycles. The third-order valence-corrected chi connectivity index (χ3v) is 4.61. The molecule has 2 rings (SSSR count). The standard InChI is InChI=1S/C22H27ClN2O3/c1-3-20(22(27)24-4-2)25(14-13-17-9-6-5-7-10-17)21(26)16-28-19-12-8-11-18(23)15-19/h5-12,15,20H,3-4,13-14,16H2,1-2H3,(H,24,27). The second-order valence-electron chi connectivity index (χ2n) is 6.39. The van der Waals surface area contributed by atoms with E-state index in [4.69, 9.17) is 16.3 Å². The van der Waals surface area contributed by atoms with Crippen molar-refractivity contribution < 1.29 is 14.3 Å². The first-order chi connectivity index (χ1) is 13.5. The van der Waals surface area contributed by atoms with E-state index in [0.717, 1.165) is 5.56 Å². The Morgan fingerprint density at radius 2 is 1.86 bits per heavy atom. The molecule has 0 spiro atoms. The number of benzene rings is 2. The zero-order chi connectivity index (χ0) is 20.4. The summed E-state index contributed by atoms with van der Waals surface area (Å²) in [5.74, 6) is 0.151. The Hall–Kier alpha value is -2.53. The van der Waals surface area contributed by atoms with Gasteiger partial charge in [-0.15, -0.1) is 0 Å². The molecule has 150 valence electrons. The van der Waals surface area contributed by atoms with Gasteiger partial charge >= 0.3 is 0 Å². The van der Waals surface area contributed by atoms with Crippen LogP contribution in [0.1, 0.15) is 25.8 Å². The van der Waals surface area contributed by atoms with Crippen molar-refractivity contribution in [3.8, 4) is 5.75 Å². The van der Waals surface area contributed by atoms with Gasteiger partial charge in [-0.1, -0.05) is 54.9 Å². The lowest BCUT2D eigenvalue weighted by molar-refractivity contribution is -0.142. The van der Waals surface area contributed by atoms with E-state index in [9.17, 15) is 9.59 Å². The molecule has 2 amide bonds. The molecule has 0 heterocycles. The molecule has 1 unspecified atom stereocenters. The van der Waals surface area contributed by atoms with Crippen molar-refractivity contribution in [2.45, 2.75) is 32.7 Å². The molecule has 28 heavy (non-hydrogen) atoms. The number of rotatable bonds is 10. The summed E-state index contributed by atoms with van der Waals surface area (Å²) in [4.78, 5) is 27.0. The molecular formula is C22H27ClN2O3. The van der Waals surface area contributed by atoms with Crippen LogP contribution in [-0.2, 0) is 16.0 Å². The summed E-state index contributed by atoms with van der Waals surface area (Å²) < 4.78 is 5.61. The zero-order valence-electron chi connectivity index (χ0n) is 16.4. The minimum absolute atomic E-state index is 0.144. The maximum Gasteiger partial charge on any atom is 0.261 e. The van der Waals surface area contributed by atoms with Crippen molar-refractivity contribution in [2.24, 2.45) is 0 Å². The number of amides is 2. The average molecular weight is 403 g/mol. The van der Waals surface area contributed by atoms with Gasteiger partial charge in [0, 0.05) is 18.1 Å². The quantitative estimate of drug-likeness (QED) is 0.659. The van der Waals surface area contributed by atoms with E-state index >= 15 is 0 Å². The number of halogens is 1. The van der Waals surface area contributed by atoms with Crippen molar-refractivity contribution in [3.63, 3.8) is 0 Å². The first-order valence-electron chi connectivity index (χ1n) is 9.54. The van der Waals surface area contributed by atoms with E-state index < -0.39 is 6.04 Å². The molecule has 0 radical (unpaired) electrons. The van der Waals surface area contributed by atoms with Crippen LogP contribution in [-0.4, -0.2) is 42.5 Å². The number of ether oxygens (including phenoxy) is 1. The molecule has 0 bridgehead atoms. The third kappa shape index (κ3) is 6.57. The van der Waals surface area contributed by atoms with Gasteiger partial charge in [0.2, 0.25) is 5.91 Å². The summed E-state index contributed by atoms with van der Waals surface area (Å²) in [6.07, 6.45) is 1.20. The smallest absolute Gasteiger partial charge is 0.261 e. The van der Waals surface area contributed by atoms with Crippen molar-refractivity contribution in [2.75, 3.05) is 19.7 Å². The van der Waals surface area contributed by atoms with E-state index in [1.54, 1.807) is 29.2 Å². The summed E-state index contributed by atoms with van der Waals surface area (Å²) in [5.41, 5.74) is 1.11. The minimum atomic E-state index is -0.529. The van der Waals surface area contributed by atoms with E-state index in [1.165, 1.54) is 0 Å². The van der Waals surface area contributed by atoms with Gasteiger partial charge in [-0.3, -0.25) is 9.59 Å². The summed E-state index contributed by atoms with van der Waals surface area (Å²) in [6.45, 7) is 4.58.